The minimum atomic E-state index is -0.923. The van der Waals surface area contributed by atoms with Gasteiger partial charge in [-0.15, -0.1) is 0 Å². The van der Waals surface area contributed by atoms with Crippen LogP contribution in [0.1, 0.15) is 49.9 Å². The first kappa shape index (κ1) is 22.5. The molecule has 0 saturated heterocycles. The summed E-state index contributed by atoms with van der Waals surface area (Å²) in [6, 6.07) is 27.6. The summed E-state index contributed by atoms with van der Waals surface area (Å²) >= 11 is 0. The smallest absolute Gasteiger partial charge is 0.170 e. The molecule has 0 saturated carbocycles. The van der Waals surface area contributed by atoms with Gasteiger partial charge in [-0.2, -0.15) is 0 Å². The number of aromatic nitrogens is 2. The van der Waals surface area contributed by atoms with Crippen LogP contribution in [-0.4, -0.2) is 15.3 Å². The van der Waals surface area contributed by atoms with Crippen LogP contribution in [0.25, 0.3) is 21.8 Å². The van der Waals surface area contributed by atoms with E-state index in [9.17, 15) is 13.6 Å². The van der Waals surface area contributed by atoms with Crippen LogP contribution in [0.4, 0.5) is 8.78 Å². The van der Waals surface area contributed by atoms with Gasteiger partial charge in [0.15, 0.2) is 5.78 Å². The molecule has 39 heavy (non-hydrogen) atoms. The largest absolute Gasteiger partial charge is 0.356 e. The number of nitrogens with zero attached hydrogens (tertiary/aromatic N) is 1. The molecule has 3 heterocycles. The summed E-state index contributed by atoms with van der Waals surface area (Å²) in [6.45, 7) is 4.03. The average Bonchev–Trinajstić information content (AvgIpc) is 3.61. The van der Waals surface area contributed by atoms with Gasteiger partial charge in [0.2, 0.25) is 0 Å². The summed E-state index contributed by atoms with van der Waals surface area (Å²) < 4.78 is 31.3. The fourth-order valence-corrected chi connectivity index (χ4v) is 7.65. The van der Waals surface area contributed by atoms with Crippen LogP contribution in [-0.2, 0) is 5.54 Å². The van der Waals surface area contributed by atoms with Gasteiger partial charge in [-0.3, -0.25) is 4.79 Å². The van der Waals surface area contributed by atoms with Gasteiger partial charge in [0, 0.05) is 39.0 Å². The van der Waals surface area contributed by atoms with Crippen LogP contribution in [0.15, 0.2) is 91.0 Å². The molecule has 4 aromatic carbocycles. The van der Waals surface area contributed by atoms with Crippen molar-refractivity contribution in [2.45, 2.75) is 25.3 Å². The number of benzene rings is 4. The van der Waals surface area contributed by atoms with E-state index in [1.54, 1.807) is 18.2 Å². The van der Waals surface area contributed by atoms with Crippen LogP contribution >= 0.6 is 0 Å². The lowest BCUT2D eigenvalue weighted by Gasteiger charge is -2.34. The van der Waals surface area contributed by atoms with Gasteiger partial charge in [0.1, 0.15) is 17.2 Å². The summed E-state index contributed by atoms with van der Waals surface area (Å²) in [5, 5.41) is 1.62. The zero-order valence-electron chi connectivity index (χ0n) is 21.4. The van der Waals surface area contributed by atoms with Gasteiger partial charge in [-0.25, -0.2) is 8.78 Å². The zero-order chi connectivity index (χ0) is 26.6. The number of nitrogens with one attached hydrogen (secondary N) is 1. The molecule has 3 nitrogen and oxygen atoms in total. The fraction of sp³-hybridized carbons (Fsp3) is 0.147. The lowest BCUT2D eigenvalue weighted by Crippen LogP contribution is -2.39. The van der Waals surface area contributed by atoms with E-state index < -0.39 is 11.5 Å². The molecular formula is C34H24F2N2O. The third kappa shape index (κ3) is 2.62. The molecule has 0 spiro atoms. The first-order valence-corrected chi connectivity index (χ1v) is 13.2. The maximum absolute atomic E-state index is 14.6. The minimum Gasteiger partial charge on any atom is -0.356 e. The van der Waals surface area contributed by atoms with Crippen molar-refractivity contribution < 1.29 is 13.6 Å². The maximum Gasteiger partial charge on any atom is 0.170 e. The molecular weight excluding hydrogens is 490 g/mol. The van der Waals surface area contributed by atoms with Gasteiger partial charge in [-0.05, 0) is 72.5 Å². The highest BCUT2D eigenvalue weighted by Crippen LogP contribution is 2.63. The Bertz CT molecular complexity index is 2000. The van der Waals surface area contributed by atoms with Crippen LogP contribution < -0.4 is 0 Å². The number of carbonyl (C=O) groups is 1. The normalized spacial score (nSPS) is 21.5. The number of carbonyl (C=O) groups excluding carboxylic acids is 1. The van der Waals surface area contributed by atoms with Crippen molar-refractivity contribution in [3.63, 3.8) is 0 Å². The number of fused-ring (bicyclic) bond motifs is 8. The molecule has 3 atom stereocenters. The molecule has 1 N–H and O–H groups in total. The van der Waals surface area contributed by atoms with Crippen molar-refractivity contribution >= 4 is 27.6 Å². The van der Waals surface area contributed by atoms with E-state index in [1.807, 2.05) is 62.4 Å². The summed E-state index contributed by atoms with van der Waals surface area (Å²) in [7, 11) is 0. The molecule has 5 heteroatoms. The van der Waals surface area contributed by atoms with E-state index in [0.717, 1.165) is 55.4 Å². The fourth-order valence-electron chi connectivity index (χ4n) is 7.65. The highest BCUT2D eigenvalue weighted by Gasteiger charge is 2.64. The van der Waals surface area contributed by atoms with Crippen molar-refractivity contribution in [3.05, 3.63) is 142 Å². The Kier molecular flexibility index (Phi) is 4.34. The molecule has 1 aliphatic heterocycles. The first-order chi connectivity index (χ1) is 18.9. The molecule has 3 unspecified atom stereocenters. The highest BCUT2D eigenvalue weighted by atomic mass is 19.1. The van der Waals surface area contributed by atoms with Crippen molar-refractivity contribution in [2.24, 2.45) is 5.92 Å². The summed E-state index contributed by atoms with van der Waals surface area (Å²) in [6.07, 6.45) is 0. The molecule has 6 aromatic rings. The van der Waals surface area contributed by atoms with E-state index in [-0.39, 0.29) is 23.3 Å². The predicted molar refractivity (Wildman–Crippen MR) is 148 cm³/mol. The molecule has 0 fully saturated rings. The summed E-state index contributed by atoms with van der Waals surface area (Å²) in [5.41, 5.74) is 7.17. The van der Waals surface area contributed by atoms with Gasteiger partial charge in [0.05, 0.1) is 11.6 Å². The van der Waals surface area contributed by atoms with Gasteiger partial charge in [-0.1, -0.05) is 54.6 Å². The predicted octanol–water partition coefficient (Wildman–Crippen LogP) is 7.77. The Hall–Kier alpha value is -4.51. The van der Waals surface area contributed by atoms with E-state index in [4.69, 9.17) is 0 Å². The SMILES string of the molecule is Cc1c(C23c4ccccc4C(=O)C2C(c2ccccc2)c2c(C)c4cc(F)ccc4n23)[nH]c2ccc(F)cc12. The Balaban J connectivity index is 1.61. The minimum absolute atomic E-state index is 0.0852. The number of aromatic amines is 1. The van der Waals surface area contributed by atoms with Crippen molar-refractivity contribution in [1.29, 1.82) is 0 Å². The highest BCUT2D eigenvalue weighted by molar-refractivity contribution is 6.08. The van der Waals surface area contributed by atoms with Gasteiger partial charge in [0.25, 0.3) is 0 Å². The second kappa shape index (κ2) is 7.54. The van der Waals surface area contributed by atoms with E-state index >= 15 is 0 Å². The zero-order valence-corrected chi connectivity index (χ0v) is 21.4. The van der Waals surface area contributed by atoms with Crippen molar-refractivity contribution in [1.82, 2.24) is 9.55 Å². The van der Waals surface area contributed by atoms with Crippen LogP contribution in [0.5, 0.6) is 0 Å². The average molecular weight is 515 g/mol. The Labute approximate surface area is 223 Å². The number of halogens is 2. The Morgan fingerprint density at radius 3 is 2.28 bits per heavy atom. The summed E-state index contributed by atoms with van der Waals surface area (Å²) in [5.74, 6) is -1.25. The molecule has 8 rings (SSSR count). The second-order valence-electron chi connectivity index (χ2n) is 10.9. The topological polar surface area (TPSA) is 37.8 Å². The van der Waals surface area contributed by atoms with Crippen LogP contribution in [0.3, 0.4) is 0 Å². The summed E-state index contributed by atoms with van der Waals surface area (Å²) in [4.78, 5) is 18.2. The quantitative estimate of drug-likeness (QED) is 0.252. The number of hydrogen-bond acceptors (Lipinski definition) is 1. The maximum atomic E-state index is 14.6. The third-order valence-corrected chi connectivity index (χ3v) is 9.11. The van der Waals surface area contributed by atoms with E-state index in [2.05, 4.69) is 21.7 Å². The van der Waals surface area contributed by atoms with Crippen molar-refractivity contribution in [2.75, 3.05) is 0 Å². The van der Waals surface area contributed by atoms with E-state index in [0.29, 0.717) is 5.56 Å². The van der Waals surface area contributed by atoms with Gasteiger partial charge < -0.3 is 9.55 Å². The lowest BCUT2D eigenvalue weighted by atomic mass is 9.72. The Morgan fingerprint density at radius 1 is 0.795 bits per heavy atom. The molecule has 2 aliphatic rings. The number of H-pyrrole nitrogens is 1. The van der Waals surface area contributed by atoms with Gasteiger partial charge >= 0.3 is 0 Å². The number of rotatable bonds is 2. The monoisotopic (exact) mass is 514 g/mol. The molecule has 0 amide bonds. The third-order valence-electron chi connectivity index (χ3n) is 9.11. The number of Topliss-reactive ketones (excluding diaryl/α,β-unsaturated/α-hetero) is 1. The standard InChI is InChI=1S/C34H24F2N2O/c1-18-25-17-22(36)13-15-28(25)38-31(18)29(20-8-4-3-5-9-20)30-32(39)23-10-6-7-11-26(23)34(30,38)33-19(2)24-16-21(35)12-14-27(24)37-33/h3-17,29-30,37H,1-2H3. The first-order valence-electron chi connectivity index (χ1n) is 13.2. The number of hydrogen-bond donors (Lipinski definition) is 1. The molecule has 0 bridgehead atoms. The molecule has 2 aromatic heterocycles. The molecule has 1 aliphatic carbocycles. The Morgan fingerprint density at radius 2 is 1.49 bits per heavy atom. The molecule has 190 valence electrons. The van der Waals surface area contributed by atoms with E-state index in [1.165, 1.54) is 12.1 Å². The second-order valence-corrected chi connectivity index (χ2v) is 10.9. The number of ketones is 1. The number of aryl methyl sites for hydroxylation is 2. The lowest BCUT2D eigenvalue weighted by molar-refractivity contribution is 0.0895. The molecule has 0 radical (unpaired) electrons. The van der Waals surface area contributed by atoms with Crippen LogP contribution in [0.2, 0.25) is 0 Å². The van der Waals surface area contributed by atoms with Crippen molar-refractivity contribution in [3.8, 4) is 0 Å². The van der Waals surface area contributed by atoms with Crippen LogP contribution in [0, 0.1) is 31.4 Å².